The van der Waals surface area contributed by atoms with Gasteiger partial charge in [-0.2, -0.15) is 0 Å². The summed E-state index contributed by atoms with van der Waals surface area (Å²) in [5.74, 6) is -1.46. The van der Waals surface area contributed by atoms with Crippen molar-refractivity contribution in [2.75, 3.05) is 0 Å². The van der Waals surface area contributed by atoms with Crippen molar-refractivity contribution in [3.63, 3.8) is 0 Å². The Kier molecular flexibility index (Phi) is 4.09. The van der Waals surface area contributed by atoms with Crippen LogP contribution in [0.2, 0.25) is 10.0 Å². The molecule has 0 radical (unpaired) electrons. The van der Waals surface area contributed by atoms with E-state index in [4.69, 9.17) is 28.3 Å². The summed E-state index contributed by atoms with van der Waals surface area (Å²) in [6, 6.07) is 5.20. The van der Waals surface area contributed by atoms with E-state index < -0.39 is 17.5 Å². The first-order valence-electron chi connectivity index (χ1n) is 6.21. The van der Waals surface area contributed by atoms with Gasteiger partial charge in [0.2, 0.25) is 0 Å². The summed E-state index contributed by atoms with van der Waals surface area (Å²) in [4.78, 5) is 11.1. The molecule has 5 heteroatoms. The van der Waals surface area contributed by atoms with E-state index in [2.05, 4.69) is 0 Å². The van der Waals surface area contributed by atoms with Crippen molar-refractivity contribution in [3.8, 4) is 0 Å². The number of carbonyl (C=O) groups is 1. The second kappa shape index (κ2) is 5.31. The van der Waals surface area contributed by atoms with Crippen LogP contribution in [-0.4, -0.2) is 21.8 Å². The molecule has 1 fully saturated rings. The predicted molar refractivity (Wildman–Crippen MR) is 74.8 cm³/mol. The molecule has 1 aliphatic rings. The Hall–Kier alpha value is -0.770. The van der Waals surface area contributed by atoms with Crippen LogP contribution in [0.4, 0.5) is 0 Å². The van der Waals surface area contributed by atoms with Gasteiger partial charge >= 0.3 is 5.97 Å². The van der Waals surface area contributed by atoms with Gasteiger partial charge in [0.1, 0.15) is 0 Å². The van der Waals surface area contributed by atoms with Crippen LogP contribution < -0.4 is 0 Å². The molecule has 104 valence electrons. The monoisotopic (exact) mass is 302 g/mol. The lowest BCUT2D eigenvalue weighted by atomic mass is 9.69. The van der Waals surface area contributed by atoms with E-state index >= 15 is 0 Å². The molecular weight excluding hydrogens is 287 g/mol. The van der Waals surface area contributed by atoms with Gasteiger partial charge in [0.15, 0.2) is 0 Å². The number of benzene rings is 1. The summed E-state index contributed by atoms with van der Waals surface area (Å²) >= 11 is 11.9. The van der Waals surface area contributed by atoms with Gasteiger partial charge in [-0.05, 0) is 43.9 Å². The number of aliphatic carboxylic acids is 1. The van der Waals surface area contributed by atoms with E-state index in [1.165, 1.54) is 0 Å². The van der Waals surface area contributed by atoms with Crippen LogP contribution >= 0.6 is 23.2 Å². The maximum Gasteiger partial charge on any atom is 0.306 e. The summed E-state index contributed by atoms with van der Waals surface area (Å²) in [6.07, 6.45) is 1.38. The minimum Gasteiger partial charge on any atom is -0.481 e. The first kappa shape index (κ1) is 14.6. The van der Waals surface area contributed by atoms with Crippen LogP contribution in [0.1, 0.15) is 37.7 Å². The summed E-state index contributed by atoms with van der Waals surface area (Å²) in [6.45, 7) is 1.75. The van der Waals surface area contributed by atoms with Crippen LogP contribution in [0.5, 0.6) is 0 Å². The molecule has 1 aromatic carbocycles. The highest BCUT2D eigenvalue weighted by atomic mass is 35.5. The lowest BCUT2D eigenvalue weighted by Gasteiger charge is -2.40. The van der Waals surface area contributed by atoms with Gasteiger partial charge in [-0.3, -0.25) is 4.79 Å². The molecule has 0 amide bonds. The molecule has 0 heterocycles. The van der Waals surface area contributed by atoms with E-state index in [-0.39, 0.29) is 5.92 Å². The topological polar surface area (TPSA) is 57.5 Å². The van der Waals surface area contributed by atoms with Crippen LogP contribution in [0.25, 0.3) is 0 Å². The van der Waals surface area contributed by atoms with Crippen molar-refractivity contribution >= 4 is 29.2 Å². The van der Waals surface area contributed by atoms with Crippen molar-refractivity contribution in [2.45, 2.75) is 37.7 Å². The molecule has 2 rings (SSSR count). The van der Waals surface area contributed by atoms with Crippen molar-refractivity contribution in [2.24, 2.45) is 5.92 Å². The van der Waals surface area contributed by atoms with Gasteiger partial charge in [0.05, 0.1) is 21.6 Å². The quantitative estimate of drug-likeness (QED) is 0.875. The summed E-state index contributed by atoms with van der Waals surface area (Å²) in [5.41, 5.74) is -0.0753. The molecule has 1 aromatic rings. The zero-order valence-electron chi connectivity index (χ0n) is 10.6. The second-order valence-electron chi connectivity index (χ2n) is 5.39. The molecular formula is C14H16Cl2O3. The van der Waals surface area contributed by atoms with Crippen molar-refractivity contribution < 1.29 is 15.0 Å². The van der Waals surface area contributed by atoms with E-state index in [0.29, 0.717) is 29.3 Å². The smallest absolute Gasteiger partial charge is 0.306 e. The highest BCUT2D eigenvalue weighted by molar-refractivity contribution is 6.42. The van der Waals surface area contributed by atoms with Crippen LogP contribution in [0.15, 0.2) is 18.2 Å². The SMILES string of the molecule is CC1(O)CCC(C(=O)O)CC1c1ccc(Cl)c(Cl)c1. The number of aliphatic hydroxyl groups is 1. The number of carboxylic acids is 1. The van der Waals surface area contributed by atoms with Crippen LogP contribution in [0.3, 0.4) is 0 Å². The number of hydrogen-bond acceptors (Lipinski definition) is 2. The molecule has 3 unspecified atom stereocenters. The molecule has 0 saturated heterocycles. The van der Waals surface area contributed by atoms with Gasteiger partial charge in [0.25, 0.3) is 0 Å². The third-order valence-electron chi connectivity index (χ3n) is 3.97. The van der Waals surface area contributed by atoms with Crippen molar-refractivity contribution in [3.05, 3.63) is 33.8 Å². The molecule has 3 atom stereocenters. The lowest BCUT2D eigenvalue weighted by molar-refractivity contribution is -0.145. The average molecular weight is 303 g/mol. The zero-order valence-corrected chi connectivity index (χ0v) is 12.1. The van der Waals surface area contributed by atoms with Crippen LogP contribution in [-0.2, 0) is 4.79 Å². The molecule has 2 N–H and O–H groups in total. The molecule has 19 heavy (non-hydrogen) atoms. The Morgan fingerprint density at radius 3 is 2.63 bits per heavy atom. The molecule has 1 saturated carbocycles. The Balaban J connectivity index is 2.32. The number of hydrogen-bond donors (Lipinski definition) is 2. The molecule has 0 bridgehead atoms. The lowest BCUT2D eigenvalue weighted by Crippen LogP contribution is -2.40. The molecule has 3 nitrogen and oxygen atoms in total. The fraction of sp³-hybridized carbons (Fsp3) is 0.500. The largest absolute Gasteiger partial charge is 0.481 e. The van der Waals surface area contributed by atoms with E-state index in [9.17, 15) is 9.90 Å². The summed E-state index contributed by atoms with van der Waals surface area (Å²) < 4.78 is 0. The van der Waals surface area contributed by atoms with E-state index in [1.54, 1.807) is 25.1 Å². The average Bonchev–Trinajstić information content (AvgIpc) is 2.32. The van der Waals surface area contributed by atoms with Crippen molar-refractivity contribution in [1.82, 2.24) is 0 Å². The van der Waals surface area contributed by atoms with Gasteiger partial charge < -0.3 is 10.2 Å². The summed E-state index contributed by atoms with van der Waals surface area (Å²) in [5, 5.41) is 20.5. The maximum absolute atomic E-state index is 11.1. The molecule has 0 aliphatic heterocycles. The Bertz CT molecular complexity index is 499. The standard InChI is InChI=1S/C14H16Cl2O3/c1-14(19)5-4-9(13(17)18)6-10(14)8-2-3-11(15)12(16)7-8/h2-3,7,9-10,19H,4-6H2,1H3,(H,17,18). The van der Waals surface area contributed by atoms with Gasteiger partial charge in [-0.25, -0.2) is 0 Å². The highest BCUT2D eigenvalue weighted by Crippen LogP contribution is 2.44. The third kappa shape index (κ3) is 3.04. The van der Waals surface area contributed by atoms with Gasteiger partial charge in [-0.15, -0.1) is 0 Å². The van der Waals surface area contributed by atoms with E-state index in [0.717, 1.165) is 5.56 Å². The number of rotatable bonds is 2. The Labute approximate surface area is 122 Å². The minimum absolute atomic E-state index is 0.239. The summed E-state index contributed by atoms with van der Waals surface area (Å²) in [7, 11) is 0. The fourth-order valence-corrected chi connectivity index (χ4v) is 3.05. The fourth-order valence-electron chi connectivity index (χ4n) is 2.75. The zero-order chi connectivity index (χ0) is 14.2. The normalized spacial score (nSPS) is 31.2. The van der Waals surface area contributed by atoms with E-state index in [1.807, 2.05) is 0 Å². The Morgan fingerprint density at radius 1 is 1.37 bits per heavy atom. The molecule has 0 aromatic heterocycles. The number of halogens is 2. The Morgan fingerprint density at radius 2 is 2.05 bits per heavy atom. The van der Waals surface area contributed by atoms with Crippen LogP contribution in [0, 0.1) is 5.92 Å². The van der Waals surface area contributed by atoms with Gasteiger partial charge in [0, 0.05) is 5.92 Å². The highest BCUT2D eigenvalue weighted by Gasteiger charge is 2.41. The second-order valence-corrected chi connectivity index (χ2v) is 6.21. The predicted octanol–water partition coefficient (Wildman–Crippen LogP) is 3.71. The molecule has 1 aliphatic carbocycles. The van der Waals surface area contributed by atoms with Gasteiger partial charge in [-0.1, -0.05) is 29.3 Å². The molecule has 0 spiro atoms. The minimum atomic E-state index is -0.914. The van der Waals surface area contributed by atoms with Crippen molar-refractivity contribution in [1.29, 1.82) is 0 Å². The first-order valence-corrected chi connectivity index (χ1v) is 6.97. The maximum atomic E-state index is 11.1. The number of carboxylic acid groups (broad SMARTS) is 1. The third-order valence-corrected chi connectivity index (χ3v) is 4.70. The first-order chi connectivity index (χ1) is 8.81.